The van der Waals surface area contributed by atoms with Gasteiger partial charge < -0.3 is 9.84 Å². The van der Waals surface area contributed by atoms with Crippen molar-refractivity contribution >= 4 is 15.9 Å². The number of hydrogen-bond acceptors (Lipinski definition) is 6. The predicted octanol–water partition coefficient (Wildman–Crippen LogP) is 2.24. The van der Waals surface area contributed by atoms with Crippen LogP contribution in [0, 0.1) is 19.8 Å². The maximum atomic E-state index is 13.1. The molecule has 2 aliphatic rings. The number of aryl methyl sites for hydroxylation is 2. The van der Waals surface area contributed by atoms with Gasteiger partial charge in [0.2, 0.25) is 15.9 Å². The van der Waals surface area contributed by atoms with Crippen molar-refractivity contribution < 1.29 is 17.7 Å². The first-order chi connectivity index (χ1) is 14.2. The second kappa shape index (κ2) is 9.62. The smallest absolute Gasteiger partial charge is 0.248 e. The number of sulfonamides is 1. The Labute approximate surface area is 179 Å². The van der Waals surface area contributed by atoms with Gasteiger partial charge in [0.25, 0.3) is 0 Å². The molecule has 1 atom stereocenters. The van der Waals surface area contributed by atoms with Crippen LogP contribution in [0.15, 0.2) is 21.1 Å². The van der Waals surface area contributed by atoms with Crippen LogP contribution < -0.4 is 5.32 Å². The standard InChI is InChI=1S/C21H34N4O4S/c1-15(2)7-11-24-12-8-19(9-13-24)22-21(26)18-6-5-10-25(14-18)30(27,28)20-16(3)23-29-17(20)4/h7,18-19H,5-6,8-14H2,1-4H3,(H,22,26). The molecule has 1 N–H and O–H groups in total. The third-order valence-electron chi connectivity index (χ3n) is 6.01. The predicted molar refractivity (Wildman–Crippen MR) is 114 cm³/mol. The number of amides is 1. The monoisotopic (exact) mass is 438 g/mol. The highest BCUT2D eigenvalue weighted by Gasteiger charge is 2.37. The minimum Gasteiger partial charge on any atom is -0.360 e. The lowest BCUT2D eigenvalue weighted by Gasteiger charge is -2.34. The van der Waals surface area contributed by atoms with E-state index in [0.29, 0.717) is 30.8 Å². The van der Waals surface area contributed by atoms with Crippen molar-refractivity contribution in [2.24, 2.45) is 5.92 Å². The van der Waals surface area contributed by atoms with Gasteiger partial charge in [-0.1, -0.05) is 16.8 Å². The first-order valence-electron chi connectivity index (χ1n) is 10.8. The fraction of sp³-hybridized carbons (Fsp3) is 0.714. The minimum absolute atomic E-state index is 0.0311. The molecule has 0 radical (unpaired) electrons. The van der Waals surface area contributed by atoms with Gasteiger partial charge in [-0.25, -0.2) is 8.42 Å². The van der Waals surface area contributed by atoms with E-state index in [0.717, 1.165) is 32.5 Å². The number of hydrogen-bond donors (Lipinski definition) is 1. The molecule has 2 aliphatic heterocycles. The van der Waals surface area contributed by atoms with Gasteiger partial charge in [0.1, 0.15) is 10.6 Å². The number of rotatable bonds is 6. The highest BCUT2D eigenvalue weighted by Crippen LogP contribution is 2.28. The molecule has 2 saturated heterocycles. The third kappa shape index (κ3) is 5.31. The average molecular weight is 439 g/mol. The number of likely N-dealkylation sites (tertiary alicyclic amines) is 1. The molecule has 0 aromatic carbocycles. The number of carbonyl (C=O) groups excluding carboxylic acids is 1. The van der Waals surface area contributed by atoms with Crippen LogP contribution in [-0.4, -0.2) is 67.5 Å². The Hall–Kier alpha value is -1.71. The second-order valence-electron chi connectivity index (χ2n) is 8.72. The quantitative estimate of drug-likeness (QED) is 0.685. The van der Waals surface area contributed by atoms with E-state index in [1.807, 2.05) is 0 Å². The van der Waals surface area contributed by atoms with Crippen LogP contribution in [0.3, 0.4) is 0 Å². The normalized spacial score (nSPS) is 22.1. The summed E-state index contributed by atoms with van der Waals surface area (Å²) >= 11 is 0. The van der Waals surface area contributed by atoms with E-state index in [1.165, 1.54) is 9.88 Å². The van der Waals surface area contributed by atoms with Crippen molar-refractivity contribution in [3.8, 4) is 0 Å². The van der Waals surface area contributed by atoms with Crippen LogP contribution in [-0.2, 0) is 14.8 Å². The molecular formula is C21H34N4O4S. The molecule has 0 bridgehead atoms. The van der Waals surface area contributed by atoms with Crippen molar-refractivity contribution in [2.75, 3.05) is 32.7 Å². The lowest BCUT2D eigenvalue weighted by Crippen LogP contribution is -2.50. The van der Waals surface area contributed by atoms with Crippen LogP contribution in [0.4, 0.5) is 0 Å². The fourth-order valence-electron chi connectivity index (χ4n) is 4.24. The Morgan fingerprint density at radius 3 is 2.50 bits per heavy atom. The highest BCUT2D eigenvalue weighted by atomic mass is 32.2. The van der Waals surface area contributed by atoms with Gasteiger partial charge in [0.15, 0.2) is 5.76 Å². The van der Waals surface area contributed by atoms with Crippen molar-refractivity contribution in [1.29, 1.82) is 0 Å². The van der Waals surface area contributed by atoms with Gasteiger partial charge in [-0.15, -0.1) is 0 Å². The maximum absolute atomic E-state index is 13.1. The summed E-state index contributed by atoms with van der Waals surface area (Å²) in [4.78, 5) is 15.4. The summed E-state index contributed by atoms with van der Waals surface area (Å²) in [7, 11) is -3.72. The molecule has 3 heterocycles. The van der Waals surface area contributed by atoms with Crippen LogP contribution in [0.5, 0.6) is 0 Å². The van der Waals surface area contributed by atoms with Crippen molar-refractivity contribution in [3.63, 3.8) is 0 Å². The Morgan fingerprint density at radius 2 is 1.90 bits per heavy atom. The van der Waals surface area contributed by atoms with Crippen molar-refractivity contribution in [1.82, 2.24) is 19.7 Å². The van der Waals surface area contributed by atoms with Gasteiger partial charge >= 0.3 is 0 Å². The Morgan fingerprint density at radius 1 is 1.20 bits per heavy atom. The largest absolute Gasteiger partial charge is 0.360 e. The summed E-state index contributed by atoms with van der Waals surface area (Å²) in [6, 6.07) is 0.162. The van der Waals surface area contributed by atoms with E-state index in [2.05, 4.69) is 35.3 Å². The lowest BCUT2D eigenvalue weighted by atomic mass is 9.97. The number of nitrogens with one attached hydrogen (secondary N) is 1. The molecule has 3 rings (SSSR count). The van der Waals surface area contributed by atoms with E-state index < -0.39 is 10.0 Å². The summed E-state index contributed by atoms with van der Waals surface area (Å²) in [6.45, 7) is 10.9. The van der Waals surface area contributed by atoms with Gasteiger partial charge in [-0.2, -0.15) is 4.31 Å². The van der Waals surface area contributed by atoms with Crippen LogP contribution in [0.2, 0.25) is 0 Å². The molecule has 1 amide bonds. The Kier molecular flexibility index (Phi) is 7.36. The highest BCUT2D eigenvalue weighted by molar-refractivity contribution is 7.89. The lowest BCUT2D eigenvalue weighted by molar-refractivity contribution is -0.127. The zero-order valence-electron chi connectivity index (χ0n) is 18.5. The van der Waals surface area contributed by atoms with E-state index >= 15 is 0 Å². The molecule has 8 nitrogen and oxygen atoms in total. The molecule has 1 aromatic rings. The molecule has 0 saturated carbocycles. The van der Waals surface area contributed by atoms with Crippen LogP contribution >= 0.6 is 0 Å². The second-order valence-corrected chi connectivity index (χ2v) is 10.6. The first-order valence-corrected chi connectivity index (χ1v) is 12.2. The Bertz CT molecular complexity index is 861. The summed E-state index contributed by atoms with van der Waals surface area (Å²) in [6.07, 6.45) is 5.46. The van der Waals surface area contributed by atoms with Crippen molar-refractivity contribution in [3.05, 3.63) is 23.1 Å². The third-order valence-corrected chi connectivity index (χ3v) is 8.12. The number of aromatic nitrogens is 1. The minimum atomic E-state index is -3.72. The zero-order chi connectivity index (χ0) is 21.9. The SMILES string of the molecule is CC(C)=CCN1CCC(NC(=O)C2CCCN(S(=O)(=O)c3c(C)noc3C)C2)CC1. The molecule has 2 fully saturated rings. The molecular weight excluding hydrogens is 404 g/mol. The summed E-state index contributed by atoms with van der Waals surface area (Å²) < 4.78 is 32.6. The Balaban J connectivity index is 1.56. The molecule has 1 unspecified atom stereocenters. The van der Waals surface area contributed by atoms with Crippen LogP contribution in [0.1, 0.15) is 51.0 Å². The van der Waals surface area contributed by atoms with Gasteiger partial charge in [-0.05, 0) is 53.4 Å². The molecule has 1 aromatic heterocycles. The van der Waals surface area contributed by atoms with Crippen molar-refractivity contribution in [2.45, 2.75) is 64.3 Å². The zero-order valence-corrected chi connectivity index (χ0v) is 19.3. The fourth-order valence-corrected chi connectivity index (χ4v) is 6.05. The van der Waals surface area contributed by atoms with Gasteiger partial charge in [0.05, 0.1) is 5.92 Å². The van der Waals surface area contributed by atoms with Crippen LogP contribution in [0.25, 0.3) is 0 Å². The molecule has 168 valence electrons. The first kappa shape index (κ1) is 23.0. The summed E-state index contributed by atoms with van der Waals surface area (Å²) in [5.41, 5.74) is 1.68. The topological polar surface area (TPSA) is 95.8 Å². The number of piperidine rings is 2. The molecule has 30 heavy (non-hydrogen) atoms. The van der Waals surface area contributed by atoms with E-state index in [-0.39, 0.29) is 29.3 Å². The average Bonchev–Trinajstić information content (AvgIpc) is 3.06. The van der Waals surface area contributed by atoms with Gasteiger partial charge in [-0.3, -0.25) is 9.69 Å². The van der Waals surface area contributed by atoms with E-state index in [4.69, 9.17) is 4.52 Å². The summed E-state index contributed by atoms with van der Waals surface area (Å²) in [5.74, 6) is -0.0620. The molecule has 0 spiro atoms. The molecule has 0 aliphatic carbocycles. The summed E-state index contributed by atoms with van der Waals surface area (Å²) in [5, 5.41) is 6.94. The number of carbonyl (C=O) groups is 1. The maximum Gasteiger partial charge on any atom is 0.248 e. The number of nitrogens with zero attached hydrogens (tertiary/aromatic N) is 3. The van der Waals surface area contributed by atoms with E-state index in [1.54, 1.807) is 13.8 Å². The molecule has 9 heteroatoms. The number of allylic oxidation sites excluding steroid dienone is 1. The van der Waals surface area contributed by atoms with Gasteiger partial charge in [0, 0.05) is 38.8 Å². The van der Waals surface area contributed by atoms with E-state index in [9.17, 15) is 13.2 Å².